The molecule has 5 heteroatoms. The number of methoxy groups -OCH3 is 1. The minimum absolute atomic E-state index is 0.0997. The molecular formula is C16H18N2O3. The molecule has 0 spiro atoms. The first kappa shape index (κ1) is 13.7. The van der Waals surface area contributed by atoms with Gasteiger partial charge in [0, 0.05) is 18.5 Å². The summed E-state index contributed by atoms with van der Waals surface area (Å²) >= 11 is 0. The predicted molar refractivity (Wildman–Crippen MR) is 81.5 cm³/mol. The minimum atomic E-state index is -0.187. The fourth-order valence-corrected chi connectivity index (χ4v) is 2.99. The highest BCUT2D eigenvalue weighted by atomic mass is 16.5. The number of esters is 1. The molecule has 2 heterocycles. The lowest BCUT2D eigenvalue weighted by molar-refractivity contribution is -0.145. The summed E-state index contributed by atoms with van der Waals surface area (Å²) in [5.74, 6) is 0.627. The molecule has 1 fully saturated rings. The van der Waals surface area contributed by atoms with Crippen LogP contribution in [0.2, 0.25) is 0 Å². The topological polar surface area (TPSA) is 62.4 Å². The van der Waals surface area contributed by atoms with Crippen LogP contribution in [0.4, 0.5) is 5.82 Å². The molecule has 2 unspecified atom stereocenters. The van der Waals surface area contributed by atoms with Crippen molar-refractivity contribution in [2.24, 2.45) is 11.8 Å². The Labute approximate surface area is 122 Å². The van der Waals surface area contributed by atoms with E-state index >= 15 is 0 Å². The van der Waals surface area contributed by atoms with Gasteiger partial charge in [-0.3, -0.25) is 9.59 Å². The van der Waals surface area contributed by atoms with Gasteiger partial charge in [0.05, 0.1) is 13.0 Å². The van der Waals surface area contributed by atoms with E-state index < -0.39 is 0 Å². The molecule has 2 atom stereocenters. The van der Waals surface area contributed by atoms with Crippen LogP contribution in [0, 0.1) is 11.8 Å². The summed E-state index contributed by atoms with van der Waals surface area (Å²) in [6.45, 7) is 3.33. The van der Waals surface area contributed by atoms with E-state index in [1.54, 1.807) is 0 Å². The Bertz CT molecular complexity index is 738. The Morgan fingerprint density at radius 2 is 2.10 bits per heavy atom. The van der Waals surface area contributed by atoms with E-state index in [0.717, 1.165) is 17.7 Å². The van der Waals surface area contributed by atoms with Crippen LogP contribution in [0.15, 0.2) is 35.1 Å². The van der Waals surface area contributed by atoms with Crippen molar-refractivity contribution in [1.29, 1.82) is 0 Å². The summed E-state index contributed by atoms with van der Waals surface area (Å²) in [7, 11) is 1.41. The van der Waals surface area contributed by atoms with Crippen molar-refractivity contribution in [2.45, 2.75) is 6.92 Å². The van der Waals surface area contributed by atoms with Crippen molar-refractivity contribution >= 4 is 22.6 Å². The molecule has 5 nitrogen and oxygen atoms in total. The number of hydrogen-bond acceptors (Lipinski definition) is 4. The van der Waals surface area contributed by atoms with Crippen LogP contribution in [0.1, 0.15) is 6.92 Å². The molecule has 110 valence electrons. The second kappa shape index (κ2) is 5.24. The van der Waals surface area contributed by atoms with E-state index in [2.05, 4.69) is 4.98 Å². The maximum Gasteiger partial charge on any atom is 0.310 e. The van der Waals surface area contributed by atoms with Gasteiger partial charge in [-0.05, 0) is 23.4 Å². The largest absolute Gasteiger partial charge is 0.469 e. The SMILES string of the molecule is COC(=O)C1CN(c2cc3ccccc3c(=O)[nH]2)CC1C. The molecule has 2 aromatic rings. The van der Waals surface area contributed by atoms with Gasteiger partial charge in [0.1, 0.15) is 5.82 Å². The Kier molecular flexibility index (Phi) is 3.41. The zero-order valence-electron chi connectivity index (χ0n) is 12.1. The first-order valence-electron chi connectivity index (χ1n) is 7.05. The number of nitrogens with zero attached hydrogens (tertiary/aromatic N) is 1. The fourth-order valence-electron chi connectivity index (χ4n) is 2.99. The summed E-state index contributed by atoms with van der Waals surface area (Å²) in [5.41, 5.74) is -0.0997. The van der Waals surface area contributed by atoms with Gasteiger partial charge >= 0.3 is 5.97 Å². The number of carbonyl (C=O) groups is 1. The smallest absolute Gasteiger partial charge is 0.310 e. The number of H-pyrrole nitrogens is 1. The van der Waals surface area contributed by atoms with Crippen molar-refractivity contribution in [2.75, 3.05) is 25.1 Å². The van der Waals surface area contributed by atoms with Crippen molar-refractivity contribution < 1.29 is 9.53 Å². The van der Waals surface area contributed by atoms with Crippen LogP contribution in [0.25, 0.3) is 10.8 Å². The van der Waals surface area contributed by atoms with Crippen molar-refractivity contribution in [3.63, 3.8) is 0 Å². The third-order valence-electron chi connectivity index (χ3n) is 4.20. The first-order chi connectivity index (χ1) is 10.1. The van der Waals surface area contributed by atoms with Crippen LogP contribution in [0.3, 0.4) is 0 Å². The van der Waals surface area contributed by atoms with Gasteiger partial charge < -0.3 is 14.6 Å². The molecule has 0 saturated carbocycles. The van der Waals surface area contributed by atoms with Crippen LogP contribution < -0.4 is 10.5 Å². The lowest BCUT2D eigenvalue weighted by Gasteiger charge is -2.18. The lowest BCUT2D eigenvalue weighted by atomic mass is 9.99. The maximum absolute atomic E-state index is 12.1. The van der Waals surface area contributed by atoms with Gasteiger partial charge in [0.15, 0.2) is 0 Å². The maximum atomic E-state index is 12.1. The molecule has 1 aliphatic heterocycles. The van der Waals surface area contributed by atoms with Gasteiger partial charge in [-0.1, -0.05) is 25.1 Å². The van der Waals surface area contributed by atoms with Crippen molar-refractivity contribution in [1.82, 2.24) is 4.98 Å². The average Bonchev–Trinajstić information content (AvgIpc) is 2.88. The third kappa shape index (κ3) is 2.39. The minimum Gasteiger partial charge on any atom is -0.469 e. The van der Waals surface area contributed by atoms with Gasteiger partial charge in [-0.15, -0.1) is 0 Å². The second-order valence-corrected chi connectivity index (χ2v) is 5.58. The first-order valence-corrected chi connectivity index (χ1v) is 7.05. The molecule has 21 heavy (non-hydrogen) atoms. The van der Waals surface area contributed by atoms with Crippen molar-refractivity contribution in [3.05, 3.63) is 40.7 Å². The van der Waals surface area contributed by atoms with Gasteiger partial charge in [0.25, 0.3) is 5.56 Å². The predicted octanol–water partition coefficient (Wildman–Crippen LogP) is 1.77. The number of hydrogen-bond donors (Lipinski definition) is 1. The van der Waals surface area contributed by atoms with E-state index in [-0.39, 0.29) is 23.4 Å². The van der Waals surface area contributed by atoms with Crippen LogP contribution in [-0.2, 0) is 9.53 Å². The zero-order valence-corrected chi connectivity index (χ0v) is 12.1. The fraction of sp³-hybridized carbons (Fsp3) is 0.375. The van der Waals surface area contributed by atoms with Gasteiger partial charge in [-0.25, -0.2) is 0 Å². The average molecular weight is 286 g/mol. The Balaban J connectivity index is 1.95. The summed E-state index contributed by atoms with van der Waals surface area (Å²) < 4.78 is 4.85. The third-order valence-corrected chi connectivity index (χ3v) is 4.20. The Morgan fingerprint density at radius 1 is 1.33 bits per heavy atom. The Hall–Kier alpha value is -2.30. The molecule has 1 aliphatic rings. The molecular weight excluding hydrogens is 268 g/mol. The summed E-state index contributed by atoms with van der Waals surface area (Å²) in [6.07, 6.45) is 0. The highest BCUT2D eigenvalue weighted by molar-refractivity contribution is 5.84. The normalized spacial score (nSPS) is 21.7. The highest BCUT2D eigenvalue weighted by Crippen LogP contribution is 2.28. The number of pyridine rings is 1. The number of anilines is 1. The number of ether oxygens (including phenoxy) is 1. The van der Waals surface area contributed by atoms with Gasteiger partial charge in [0.2, 0.25) is 0 Å². The number of aromatic amines is 1. The molecule has 0 aliphatic carbocycles. The molecule has 1 N–H and O–H groups in total. The van der Waals surface area contributed by atoms with E-state index in [4.69, 9.17) is 4.74 Å². The van der Waals surface area contributed by atoms with E-state index in [9.17, 15) is 9.59 Å². The van der Waals surface area contributed by atoms with Crippen LogP contribution in [0.5, 0.6) is 0 Å². The number of fused-ring (bicyclic) bond motifs is 1. The summed E-state index contributed by atoms with van der Waals surface area (Å²) in [5, 5.41) is 1.59. The monoisotopic (exact) mass is 286 g/mol. The second-order valence-electron chi connectivity index (χ2n) is 5.58. The van der Waals surface area contributed by atoms with Crippen LogP contribution >= 0.6 is 0 Å². The van der Waals surface area contributed by atoms with E-state index in [0.29, 0.717) is 11.9 Å². The number of benzene rings is 1. The quantitative estimate of drug-likeness (QED) is 0.855. The number of aromatic nitrogens is 1. The molecule has 0 amide bonds. The molecule has 1 aromatic carbocycles. The Morgan fingerprint density at radius 3 is 2.86 bits per heavy atom. The number of rotatable bonds is 2. The van der Waals surface area contributed by atoms with E-state index in [1.807, 2.05) is 42.2 Å². The zero-order chi connectivity index (χ0) is 15.0. The molecule has 1 saturated heterocycles. The summed E-state index contributed by atoms with van der Waals surface area (Å²) in [6, 6.07) is 9.45. The lowest BCUT2D eigenvalue weighted by Crippen LogP contribution is -2.26. The molecule has 0 radical (unpaired) electrons. The van der Waals surface area contributed by atoms with Gasteiger partial charge in [-0.2, -0.15) is 0 Å². The molecule has 0 bridgehead atoms. The van der Waals surface area contributed by atoms with Crippen molar-refractivity contribution in [3.8, 4) is 0 Å². The molecule has 3 rings (SSSR count). The molecule has 1 aromatic heterocycles. The van der Waals surface area contributed by atoms with E-state index in [1.165, 1.54) is 7.11 Å². The number of carbonyl (C=O) groups excluding carboxylic acids is 1. The van der Waals surface area contributed by atoms with Crippen LogP contribution in [-0.4, -0.2) is 31.2 Å². The number of nitrogens with one attached hydrogen (secondary N) is 1. The standard InChI is InChI=1S/C16H18N2O3/c1-10-8-18(9-13(10)16(20)21-2)14-7-11-5-3-4-6-12(11)15(19)17-14/h3-7,10,13H,8-9H2,1-2H3,(H,17,19). The summed E-state index contributed by atoms with van der Waals surface area (Å²) in [4.78, 5) is 28.8. The highest BCUT2D eigenvalue weighted by Gasteiger charge is 2.36.